The molecule has 1 N–H and O–H groups in total. The number of carbonyl (C=O) groups is 1. The monoisotopic (exact) mass is 380 g/mol. The molecule has 2 heterocycles. The predicted molar refractivity (Wildman–Crippen MR) is 116 cm³/mol. The van der Waals surface area contributed by atoms with Crippen LogP contribution in [0.1, 0.15) is 50.4 Å². The fourth-order valence-electron chi connectivity index (χ4n) is 5.00. The van der Waals surface area contributed by atoms with Crippen molar-refractivity contribution in [2.75, 3.05) is 31.6 Å². The zero-order valence-corrected chi connectivity index (χ0v) is 17.6. The van der Waals surface area contributed by atoms with Crippen LogP contribution in [-0.4, -0.2) is 52.7 Å². The van der Waals surface area contributed by atoms with Crippen molar-refractivity contribution in [2.45, 2.75) is 53.0 Å². The molecule has 2 aliphatic rings. The number of amides is 2. The topological polar surface area (TPSA) is 40.5 Å². The van der Waals surface area contributed by atoms with Crippen LogP contribution in [-0.2, 0) is 6.42 Å². The lowest BCUT2D eigenvalue weighted by Gasteiger charge is -2.39. The molecule has 0 saturated carbocycles. The number of benzene rings is 1. The number of nitrogens with one attached hydrogen (secondary N) is 1. The van der Waals surface area contributed by atoms with Crippen LogP contribution in [0.2, 0.25) is 0 Å². The average molecular weight is 381 g/mol. The van der Waals surface area contributed by atoms with Crippen molar-refractivity contribution < 1.29 is 4.79 Å². The second-order valence-electron chi connectivity index (χ2n) is 7.89. The first-order valence-electron chi connectivity index (χ1n) is 10.7. The second-order valence-corrected chi connectivity index (χ2v) is 7.89. The van der Waals surface area contributed by atoms with Gasteiger partial charge in [0.05, 0.1) is 5.52 Å². The number of hydrogen-bond donors (Lipinski definition) is 1. The lowest BCUT2D eigenvalue weighted by Crippen LogP contribution is -2.42. The van der Waals surface area contributed by atoms with Crippen LogP contribution in [0.4, 0.5) is 4.79 Å². The SMILES string of the molecule is CCCN1CCC=C2c3cccc4c3c(c(C)n4NC(=O)N(CC)CC)C[C@H]21. The summed E-state index contributed by atoms with van der Waals surface area (Å²) in [4.78, 5) is 17.2. The molecule has 0 saturated heterocycles. The highest BCUT2D eigenvalue weighted by atomic mass is 16.2. The van der Waals surface area contributed by atoms with Crippen LogP contribution in [0, 0.1) is 6.92 Å². The average Bonchev–Trinajstić information content (AvgIpc) is 2.97. The number of urea groups is 1. The van der Waals surface area contributed by atoms with Crippen LogP contribution >= 0.6 is 0 Å². The predicted octanol–water partition coefficient (Wildman–Crippen LogP) is 4.38. The minimum absolute atomic E-state index is 0.0366. The van der Waals surface area contributed by atoms with Crippen LogP contribution in [0.3, 0.4) is 0 Å². The van der Waals surface area contributed by atoms with Gasteiger partial charge in [0.15, 0.2) is 0 Å². The lowest BCUT2D eigenvalue weighted by atomic mass is 9.81. The summed E-state index contributed by atoms with van der Waals surface area (Å²) in [5.41, 5.74) is 9.63. The second kappa shape index (κ2) is 7.63. The van der Waals surface area contributed by atoms with E-state index < -0.39 is 0 Å². The van der Waals surface area contributed by atoms with Gasteiger partial charge in [0.2, 0.25) is 0 Å². The molecule has 5 heteroatoms. The van der Waals surface area contributed by atoms with E-state index in [1.54, 1.807) is 0 Å². The van der Waals surface area contributed by atoms with E-state index >= 15 is 0 Å². The number of aromatic nitrogens is 1. The Kier molecular flexibility index (Phi) is 5.19. The van der Waals surface area contributed by atoms with E-state index in [2.05, 4.69) is 48.4 Å². The van der Waals surface area contributed by atoms with Crippen molar-refractivity contribution in [1.82, 2.24) is 14.5 Å². The molecular formula is C23H32N4O. The van der Waals surface area contributed by atoms with E-state index in [4.69, 9.17) is 0 Å². The lowest BCUT2D eigenvalue weighted by molar-refractivity contribution is 0.214. The van der Waals surface area contributed by atoms with Gasteiger partial charge in [0.1, 0.15) is 0 Å². The molecule has 1 aliphatic carbocycles. The minimum Gasteiger partial charge on any atom is -0.324 e. The number of rotatable bonds is 5. The third-order valence-electron chi connectivity index (χ3n) is 6.42. The van der Waals surface area contributed by atoms with E-state index in [1.165, 1.54) is 28.5 Å². The van der Waals surface area contributed by atoms with Gasteiger partial charge in [-0.3, -0.25) is 9.58 Å². The number of fused-ring (bicyclic) bond motifs is 2. The van der Waals surface area contributed by atoms with E-state index in [0.29, 0.717) is 19.1 Å². The van der Waals surface area contributed by atoms with Gasteiger partial charge in [0.25, 0.3) is 0 Å². The summed E-state index contributed by atoms with van der Waals surface area (Å²) in [7, 11) is 0. The van der Waals surface area contributed by atoms with E-state index in [-0.39, 0.29) is 6.03 Å². The highest BCUT2D eigenvalue weighted by molar-refractivity contribution is 6.00. The van der Waals surface area contributed by atoms with Gasteiger partial charge >= 0.3 is 6.03 Å². The largest absolute Gasteiger partial charge is 0.336 e. The molecule has 1 aliphatic heterocycles. The molecule has 0 spiro atoms. The van der Waals surface area contributed by atoms with Crippen molar-refractivity contribution in [2.24, 2.45) is 0 Å². The fraction of sp³-hybridized carbons (Fsp3) is 0.522. The van der Waals surface area contributed by atoms with Gasteiger partial charge in [-0.05, 0) is 69.3 Å². The summed E-state index contributed by atoms with van der Waals surface area (Å²) >= 11 is 0. The van der Waals surface area contributed by atoms with Crippen molar-refractivity contribution in [3.05, 3.63) is 41.1 Å². The Morgan fingerprint density at radius 3 is 2.75 bits per heavy atom. The molecule has 28 heavy (non-hydrogen) atoms. The third-order valence-corrected chi connectivity index (χ3v) is 6.42. The maximum Gasteiger partial charge on any atom is 0.336 e. The summed E-state index contributed by atoms with van der Waals surface area (Å²) in [6.07, 6.45) is 5.77. The number of nitrogens with zero attached hydrogens (tertiary/aromatic N) is 3. The van der Waals surface area contributed by atoms with Crippen molar-refractivity contribution in [1.29, 1.82) is 0 Å². The van der Waals surface area contributed by atoms with Crippen molar-refractivity contribution >= 4 is 22.5 Å². The zero-order valence-electron chi connectivity index (χ0n) is 17.6. The Hall–Kier alpha value is -2.27. The van der Waals surface area contributed by atoms with Crippen molar-refractivity contribution in [3.63, 3.8) is 0 Å². The van der Waals surface area contributed by atoms with Gasteiger partial charge < -0.3 is 4.90 Å². The third kappa shape index (κ3) is 2.93. The molecule has 0 fully saturated rings. The Labute approximate surface area is 168 Å². The first-order valence-corrected chi connectivity index (χ1v) is 10.7. The summed E-state index contributed by atoms with van der Waals surface area (Å²) in [6.45, 7) is 12.1. The molecule has 5 nitrogen and oxygen atoms in total. The molecule has 1 atom stereocenters. The van der Waals surface area contributed by atoms with Crippen LogP contribution < -0.4 is 5.43 Å². The normalized spacial score (nSPS) is 18.7. The maximum atomic E-state index is 12.7. The summed E-state index contributed by atoms with van der Waals surface area (Å²) in [6, 6.07) is 6.94. The molecular weight excluding hydrogens is 348 g/mol. The van der Waals surface area contributed by atoms with E-state index in [0.717, 1.165) is 37.1 Å². The standard InChI is InChI=1S/C23H32N4O/c1-5-13-26-14-9-11-17-18-10-8-12-20-22(18)19(15-21(17)26)16(4)27(20)24-23(28)25(6-2)7-3/h8,10-12,21H,5-7,9,13-15H2,1-4H3,(H,24,28)/t21-/m1/s1. The first-order chi connectivity index (χ1) is 13.6. The first kappa shape index (κ1) is 19.1. The minimum atomic E-state index is -0.0366. The summed E-state index contributed by atoms with van der Waals surface area (Å²) in [5, 5.41) is 1.32. The van der Waals surface area contributed by atoms with E-state index in [1.807, 2.05) is 23.4 Å². The molecule has 2 amide bonds. The quantitative estimate of drug-likeness (QED) is 0.836. The number of carbonyl (C=O) groups excluding carboxylic acids is 1. The summed E-state index contributed by atoms with van der Waals surface area (Å²) in [5.74, 6) is 0. The van der Waals surface area contributed by atoms with Crippen LogP contribution in [0.5, 0.6) is 0 Å². The van der Waals surface area contributed by atoms with Crippen molar-refractivity contribution in [3.8, 4) is 0 Å². The fourth-order valence-corrected chi connectivity index (χ4v) is 5.00. The molecule has 0 bridgehead atoms. The molecule has 0 unspecified atom stereocenters. The molecule has 2 aromatic rings. The molecule has 1 aromatic carbocycles. The maximum absolute atomic E-state index is 12.7. The highest BCUT2D eigenvalue weighted by Crippen LogP contribution is 2.42. The zero-order chi connectivity index (χ0) is 19.8. The Bertz CT molecular complexity index is 922. The van der Waals surface area contributed by atoms with Gasteiger partial charge in [0, 0.05) is 36.8 Å². The van der Waals surface area contributed by atoms with E-state index in [9.17, 15) is 4.79 Å². The molecule has 4 rings (SSSR count). The Morgan fingerprint density at radius 2 is 2.04 bits per heavy atom. The van der Waals surface area contributed by atoms with Gasteiger partial charge in [-0.1, -0.05) is 25.1 Å². The van der Waals surface area contributed by atoms with Gasteiger partial charge in [-0.15, -0.1) is 0 Å². The Morgan fingerprint density at radius 1 is 1.25 bits per heavy atom. The molecule has 1 aromatic heterocycles. The molecule has 0 radical (unpaired) electrons. The Balaban J connectivity index is 1.80. The number of hydrogen-bond acceptors (Lipinski definition) is 2. The van der Waals surface area contributed by atoms with Gasteiger partial charge in [-0.2, -0.15) is 0 Å². The smallest absolute Gasteiger partial charge is 0.324 e. The van der Waals surface area contributed by atoms with Crippen LogP contribution in [0.25, 0.3) is 16.5 Å². The molecule has 150 valence electrons. The summed E-state index contributed by atoms with van der Waals surface area (Å²) < 4.78 is 2.01. The van der Waals surface area contributed by atoms with Gasteiger partial charge in [-0.25, -0.2) is 10.2 Å². The van der Waals surface area contributed by atoms with Crippen LogP contribution in [0.15, 0.2) is 24.3 Å². The highest BCUT2D eigenvalue weighted by Gasteiger charge is 2.34.